The number of rotatable bonds is 26. The maximum absolute atomic E-state index is 10.7. The van der Waals surface area contributed by atoms with Crippen molar-refractivity contribution in [3.8, 4) is 0 Å². The second kappa shape index (κ2) is 48.6. The van der Waals surface area contributed by atoms with Crippen molar-refractivity contribution >= 4 is 47.7 Å². The van der Waals surface area contributed by atoms with Gasteiger partial charge in [-0.05, 0) is 99.3 Å². The minimum absolute atomic E-state index is 0.0417. The number of unbranched alkanes of at least 4 members (excludes halogenated alkanes) is 1. The first kappa shape index (κ1) is 73.3. The Labute approximate surface area is 396 Å². The predicted octanol–water partition coefficient (Wildman–Crippen LogP) is 1.05. The molecule has 1 aromatic rings. The van der Waals surface area contributed by atoms with Gasteiger partial charge in [0.25, 0.3) is 0 Å². The van der Waals surface area contributed by atoms with Crippen molar-refractivity contribution in [2.24, 2.45) is 17.6 Å². The first-order chi connectivity index (χ1) is 31.2. The Morgan fingerprint density at radius 2 is 0.985 bits per heavy atom. The van der Waals surface area contributed by atoms with Crippen LogP contribution in [-0.2, 0) is 44.8 Å². The van der Waals surface area contributed by atoms with Gasteiger partial charge in [0, 0.05) is 6.42 Å². The Bertz CT molecular complexity index is 1460. The van der Waals surface area contributed by atoms with Gasteiger partial charge in [0.2, 0.25) is 5.91 Å². The second-order valence-corrected chi connectivity index (χ2v) is 14.9. The molecule has 0 heterocycles. The SMILES string of the molecule is CCC(C)[C@H](NC)C(=O)O.CCCC[C@H](NC)C(=O)O.CNCC(=O)O.CN[C@@H](C)C(=O)O.CN[C@@H](CC(C)C)C(=O)O.CN[C@@H](CCC(N)=O)C(=O)O.CN[C@@H](Cc1ccccc1)C(=O)O. The third-order valence-electron chi connectivity index (χ3n) is 9.02. The van der Waals surface area contributed by atoms with Crippen LogP contribution in [0.5, 0.6) is 0 Å². The molecule has 0 saturated carbocycles. The van der Waals surface area contributed by atoms with E-state index in [-0.39, 0.29) is 37.4 Å². The number of carboxylic acid groups (broad SMARTS) is 7. The topological polar surface area (TPSA) is 388 Å². The van der Waals surface area contributed by atoms with E-state index >= 15 is 0 Å². The number of likely N-dealkylation sites (N-methyl/N-ethyl adjacent to an activating group) is 7. The van der Waals surface area contributed by atoms with Crippen molar-refractivity contribution in [1.29, 1.82) is 0 Å². The van der Waals surface area contributed by atoms with Gasteiger partial charge < -0.3 is 78.7 Å². The average Bonchev–Trinajstić information content (AvgIpc) is 3.26. The molecule has 1 rings (SSSR count). The molecule has 16 N–H and O–H groups in total. The summed E-state index contributed by atoms with van der Waals surface area (Å²) in [5, 5.41) is 77.5. The van der Waals surface area contributed by atoms with Crippen LogP contribution in [0.4, 0.5) is 0 Å². The van der Waals surface area contributed by atoms with Gasteiger partial charge in [0.15, 0.2) is 0 Å². The van der Waals surface area contributed by atoms with E-state index in [9.17, 15) is 38.4 Å². The van der Waals surface area contributed by atoms with Gasteiger partial charge in [-0.3, -0.25) is 38.4 Å². The molecule has 0 radical (unpaired) electrons. The molecule has 0 fully saturated rings. The van der Waals surface area contributed by atoms with Gasteiger partial charge in [0.1, 0.15) is 36.3 Å². The third-order valence-corrected chi connectivity index (χ3v) is 9.02. The number of aliphatic carboxylic acids is 7. The monoisotopic (exact) mass is 967 g/mol. The molecule has 23 nitrogen and oxygen atoms in total. The number of primary amides is 1. The van der Waals surface area contributed by atoms with Gasteiger partial charge in [-0.1, -0.05) is 84.2 Å². The number of carboxylic acids is 7. The molecule has 7 atom stereocenters. The highest BCUT2D eigenvalue weighted by Gasteiger charge is 2.20. The highest BCUT2D eigenvalue weighted by molar-refractivity contribution is 5.77. The van der Waals surface area contributed by atoms with Crippen LogP contribution in [0, 0.1) is 11.8 Å². The van der Waals surface area contributed by atoms with Gasteiger partial charge in [-0.2, -0.15) is 0 Å². The van der Waals surface area contributed by atoms with E-state index < -0.39 is 71.9 Å². The molecule has 67 heavy (non-hydrogen) atoms. The van der Waals surface area contributed by atoms with Crippen molar-refractivity contribution < 1.29 is 74.1 Å². The Hall–Kier alpha value is -5.30. The van der Waals surface area contributed by atoms with E-state index in [2.05, 4.69) is 44.1 Å². The maximum Gasteiger partial charge on any atom is 0.321 e. The fourth-order valence-corrected chi connectivity index (χ4v) is 4.62. The minimum atomic E-state index is -0.964. The summed E-state index contributed by atoms with van der Waals surface area (Å²) in [6.45, 7) is 11.6. The van der Waals surface area contributed by atoms with E-state index in [1.807, 2.05) is 58.0 Å². The van der Waals surface area contributed by atoms with Crippen molar-refractivity contribution in [2.75, 3.05) is 55.9 Å². The molecule has 392 valence electrons. The highest BCUT2D eigenvalue weighted by Crippen LogP contribution is 2.07. The Morgan fingerprint density at radius 1 is 0.552 bits per heavy atom. The number of amides is 1. The molecular formula is C44H86N8O15. The lowest BCUT2D eigenvalue weighted by atomic mass is 10.00. The van der Waals surface area contributed by atoms with Gasteiger partial charge in [0.05, 0.1) is 6.54 Å². The second-order valence-electron chi connectivity index (χ2n) is 14.9. The number of carbonyl (C=O) groups excluding carboxylic acids is 1. The quantitative estimate of drug-likeness (QED) is 0.0617. The van der Waals surface area contributed by atoms with Crippen molar-refractivity contribution in [3.63, 3.8) is 0 Å². The fraction of sp³-hybridized carbons (Fsp3) is 0.682. The van der Waals surface area contributed by atoms with E-state index in [4.69, 9.17) is 41.5 Å². The summed E-state index contributed by atoms with van der Waals surface area (Å²) in [5.74, 6) is -5.56. The predicted molar refractivity (Wildman–Crippen MR) is 257 cm³/mol. The van der Waals surface area contributed by atoms with E-state index in [0.717, 1.165) is 31.2 Å². The summed E-state index contributed by atoms with van der Waals surface area (Å²) in [6.07, 6.45) is 5.17. The largest absolute Gasteiger partial charge is 0.480 e. The van der Waals surface area contributed by atoms with Crippen molar-refractivity contribution in [2.45, 2.75) is 129 Å². The van der Waals surface area contributed by atoms with Crippen LogP contribution in [0.15, 0.2) is 30.3 Å². The summed E-state index contributed by atoms with van der Waals surface area (Å²) in [4.78, 5) is 81.9. The zero-order valence-electron chi connectivity index (χ0n) is 41.8. The fourth-order valence-electron chi connectivity index (χ4n) is 4.62. The molecule has 0 saturated heterocycles. The molecule has 1 amide bonds. The number of hydrogen-bond acceptors (Lipinski definition) is 15. The van der Waals surface area contributed by atoms with Gasteiger partial charge in [-0.15, -0.1) is 0 Å². The molecule has 0 bridgehead atoms. The van der Waals surface area contributed by atoms with E-state index in [1.165, 1.54) is 7.05 Å². The molecule has 0 aliphatic rings. The number of nitrogens with one attached hydrogen (secondary N) is 7. The lowest BCUT2D eigenvalue weighted by Crippen LogP contribution is -2.39. The van der Waals surface area contributed by atoms with Gasteiger partial charge in [-0.25, -0.2) is 0 Å². The molecular weight excluding hydrogens is 881 g/mol. The summed E-state index contributed by atoms with van der Waals surface area (Å²) in [7, 11) is 11.4. The molecule has 1 unspecified atom stereocenters. The smallest absolute Gasteiger partial charge is 0.321 e. The van der Waals surface area contributed by atoms with Crippen LogP contribution in [0.2, 0.25) is 0 Å². The van der Waals surface area contributed by atoms with Crippen LogP contribution in [0.1, 0.15) is 92.1 Å². The zero-order chi connectivity index (χ0) is 53.7. The molecule has 1 aromatic carbocycles. The summed E-state index contributed by atoms with van der Waals surface area (Å²) >= 11 is 0. The van der Waals surface area contributed by atoms with Crippen molar-refractivity contribution in [3.05, 3.63) is 35.9 Å². The average molecular weight is 967 g/mol. The standard InChI is InChI=1S/C10H13NO2.3C7H15NO2.C6H12N2O3.C4H9NO2.C3H7NO2/c1-11-9(10(12)13)7-8-5-3-2-4-6-8;1-5(2)4-6(8-3)7(9)10;1-4-5(2)6(8-3)7(9)10;1-3-4-5-6(8-2)7(9)10;1-8-4(6(10)11)2-3-5(7)9;1-3(5-2)4(6)7;1-4-2-3(5)6/h2-6,9,11H,7H2,1H3,(H,12,13);2*5-6,8H,4H2,1-3H3,(H,9,10);6,8H,3-5H2,1-2H3,(H,9,10);4,8H,2-3H2,1H3,(H2,7,9)(H,10,11);3,5H,1-2H3,(H,6,7);4H,2H2,1H3,(H,5,6)/t9-;6-;5?,6-;6-;4-;3-;/m000000./s1. The summed E-state index contributed by atoms with van der Waals surface area (Å²) in [6, 6.07) is 6.82. The lowest BCUT2D eigenvalue weighted by molar-refractivity contribution is -0.141. The van der Waals surface area contributed by atoms with Crippen LogP contribution >= 0.6 is 0 Å². The number of hydrogen-bond donors (Lipinski definition) is 15. The Kier molecular flexibility index (Phi) is 53.2. The molecule has 0 spiro atoms. The molecule has 0 aromatic heterocycles. The minimum Gasteiger partial charge on any atom is -0.480 e. The van der Waals surface area contributed by atoms with E-state index in [1.54, 1.807) is 49.2 Å². The van der Waals surface area contributed by atoms with E-state index in [0.29, 0.717) is 18.8 Å². The third kappa shape index (κ3) is 50.0. The lowest BCUT2D eigenvalue weighted by Gasteiger charge is -2.16. The highest BCUT2D eigenvalue weighted by atomic mass is 16.4. The Morgan fingerprint density at radius 3 is 1.19 bits per heavy atom. The van der Waals surface area contributed by atoms with Crippen LogP contribution in [0.25, 0.3) is 0 Å². The van der Waals surface area contributed by atoms with Crippen LogP contribution in [0.3, 0.4) is 0 Å². The number of benzene rings is 1. The Balaban J connectivity index is -0.000000164. The molecule has 0 aliphatic heterocycles. The number of nitrogens with two attached hydrogens (primary N) is 1. The molecule has 0 aliphatic carbocycles. The zero-order valence-corrected chi connectivity index (χ0v) is 41.8. The first-order valence-electron chi connectivity index (χ1n) is 21.8. The summed E-state index contributed by atoms with van der Waals surface area (Å²) < 4.78 is 0. The number of carbonyl (C=O) groups is 8. The maximum atomic E-state index is 10.7. The van der Waals surface area contributed by atoms with Crippen molar-refractivity contribution in [1.82, 2.24) is 37.2 Å². The van der Waals surface area contributed by atoms with Crippen LogP contribution in [-0.4, -0.2) is 176 Å². The van der Waals surface area contributed by atoms with Crippen LogP contribution < -0.4 is 43.0 Å². The molecule has 23 heteroatoms. The van der Waals surface area contributed by atoms with Gasteiger partial charge >= 0.3 is 41.8 Å². The normalized spacial score (nSPS) is 13.0. The first-order valence-corrected chi connectivity index (χ1v) is 21.8. The summed E-state index contributed by atoms with van der Waals surface area (Å²) in [5.41, 5.74) is 5.87.